The molecule has 0 amide bonds. The van der Waals surface area contributed by atoms with Crippen molar-refractivity contribution in [3.05, 3.63) is 75.8 Å². The van der Waals surface area contributed by atoms with Gasteiger partial charge >= 0.3 is 0 Å². The van der Waals surface area contributed by atoms with E-state index in [0.29, 0.717) is 23.6 Å². The van der Waals surface area contributed by atoms with Gasteiger partial charge < -0.3 is 14.5 Å². The summed E-state index contributed by atoms with van der Waals surface area (Å²) in [6.45, 7) is 12.2. The Morgan fingerprint density at radius 2 is 1.84 bits per heavy atom. The van der Waals surface area contributed by atoms with Gasteiger partial charge in [-0.3, -0.25) is 9.69 Å². The minimum Gasteiger partial charge on any atom is -0.454 e. The third-order valence-corrected chi connectivity index (χ3v) is 7.54. The smallest absolute Gasteiger partial charge is 0.252 e. The largest absolute Gasteiger partial charge is 0.454 e. The molecular weight excluding hydrogens is 480 g/mol. The molecular formula is C29H36N6O3. The topological polar surface area (TPSA) is 98.2 Å². The van der Waals surface area contributed by atoms with Crippen LogP contribution in [0.5, 0.6) is 11.5 Å². The number of aromatic amines is 1. The molecule has 0 saturated carbocycles. The van der Waals surface area contributed by atoms with Crippen LogP contribution < -0.4 is 15.0 Å². The fourth-order valence-corrected chi connectivity index (χ4v) is 5.05. The number of rotatable bonds is 10. The lowest BCUT2D eigenvalue weighted by Gasteiger charge is -2.35. The summed E-state index contributed by atoms with van der Waals surface area (Å²) >= 11 is 0. The zero-order valence-electron chi connectivity index (χ0n) is 22.8. The lowest BCUT2D eigenvalue weighted by Crippen LogP contribution is -2.39. The van der Waals surface area contributed by atoms with Gasteiger partial charge in [0.05, 0.1) is 17.1 Å². The second-order valence-electron chi connectivity index (χ2n) is 10.9. The van der Waals surface area contributed by atoms with E-state index in [1.807, 2.05) is 28.9 Å². The van der Waals surface area contributed by atoms with Gasteiger partial charge in [0.15, 0.2) is 17.3 Å². The molecule has 0 bridgehead atoms. The van der Waals surface area contributed by atoms with Gasteiger partial charge in [0.2, 0.25) is 6.79 Å². The molecule has 4 aromatic rings. The van der Waals surface area contributed by atoms with Crippen molar-refractivity contribution >= 4 is 10.9 Å². The summed E-state index contributed by atoms with van der Waals surface area (Å²) in [7, 11) is 0. The number of ether oxygens (including phenoxy) is 2. The van der Waals surface area contributed by atoms with E-state index in [-0.39, 0.29) is 29.9 Å². The zero-order chi connectivity index (χ0) is 26.9. The van der Waals surface area contributed by atoms with Crippen molar-refractivity contribution in [3.63, 3.8) is 0 Å². The van der Waals surface area contributed by atoms with Gasteiger partial charge in [-0.2, -0.15) is 0 Å². The molecule has 1 atom stereocenters. The number of aromatic nitrogens is 5. The van der Waals surface area contributed by atoms with Crippen molar-refractivity contribution < 1.29 is 9.47 Å². The molecule has 2 aromatic heterocycles. The number of benzene rings is 2. The average molecular weight is 517 g/mol. The van der Waals surface area contributed by atoms with Crippen LogP contribution in [0.2, 0.25) is 0 Å². The van der Waals surface area contributed by atoms with Crippen LogP contribution >= 0.6 is 0 Å². The highest BCUT2D eigenvalue weighted by molar-refractivity contribution is 5.83. The van der Waals surface area contributed by atoms with E-state index in [1.165, 1.54) is 5.56 Å². The molecule has 38 heavy (non-hydrogen) atoms. The first-order chi connectivity index (χ1) is 18.3. The molecule has 1 aliphatic rings. The van der Waals surface area contributed by atoms with E-state index in [0.717, 1.165) is 36.1 Å². The molecule has 1 aliphatic heterocycles. The van der Waals surface area contributed by atoms with Crippen LogP contribution in [0.25, 0.3) is 10.9 Å². The fourth-order valence-electron chi connectivity index (χ4n) is 5.05. The molecule has 0 aliphatic carbocycles. The molecule has 0 unspecified atom stereocenters. The summed E-state index contributed by atoms with van der Waals surface area (Å²) in [5.41, 5.74) is 2.31. The predicted molar refractivity (Wildman–Crippen MR) is 146 cm³/mol. The summed E-state index contributed by atoms with van der Waals surface area (Å²) in [5.74, 6) is 2.37. The summed E-state index contributed by atoms with van der Waals surface area (Å²) < 4.78 is 13.0. The van der Waals surface area contributed by atoms with Gasteiger partial charge in [-0.1, -0.05) is 51.1 Å². The normalized spacial score (nSPS) is 14.1. The number of tetrazole rings is 1. The third kappa shape index (κ3) is 5.15. The quantitative estimate of drug-likeness (QED) is 0.322. The minimum absolute atomic E-state index is 0.0913. The monoisotopic (exact) mass is 516 g/mol. The molecule has 1 N–H and O–H groups in total. The van der Waals surface area contributed by atoms with Gasteiger partial charge in [0.25, 0.3) is 5.56 Å². The Morgan fingerprint density at radius 3 is 2.55 bits per heavy atom. The highest BCUT2D eigenvalue weighted by Gasteiger charge is 2.33. The number of fused-ring (bicyclic) bond motifs is 2. The first kappa shape index (κ1) is 25.9. The lowest BCUT2D eigenvalue weighted by atomic mass is 9.97. The Kier molecular flexibility index (Phi) is 7.21. The minimum atomic E-state index is -0.236. The summed E-state index contributed by atoms with van der Waals surface area (Å²) in [4.78, 5) is 18.7. The second kappa shape index (κ2) is 10.6. The number of hydrogen-bond donors (Lipinski definition) is 1. The van der Waals surface area contributed by atoms with Crippen LogP contribution in [0.4, 0.5) is 0 Å². The van der Waals surface area contributed by atoms with Crippen LogP contribution in [0, 0.1) is 5.92 Å². The van der Waals surface area contributed by atoms with E-state index in [4.69, 9.17) is 9.47 Å². The van der Waals surface area contributed by atoms with Crippen LogP contribution in [-0.2, 0) is 18.5 Å². The van der Waals surface area contributed by atoms with Crippen molar-refractivity contribution in [2.75, 3.05) is 13.3 Å². The predicted octanol–water partition coefficient (Wildman–Crippen LogP) is 4.83. The van der Waals surface area contributed by atoms with E-state index in [2.05, 4.69) is 84.3 Å². The highest BCUT2D eigenvalue weighted by atomic mass is 16.7. The maximum atomic E-state index is 13.3. The van der Waals surface area contributed by atoms with E-state index >= 15 is 0 Å². The summed E-state index contributed by atoms with van der Waals surface area (Å²) in [5, 5.41) is 13.9. The summed E-state index contributed by atoms with van der Waals surface area (Å²) in [6, 6.07) is 16.0. The number of hydrogen-bond acceptors (Lipinski definition) is 7. The van der Waals surface area contributed by atoms with Gasteiger partial charge in [-0.05, 0) is 60.7 Å². The molecule has 200 valence electrons. The van der Waals surface area contributed by atoms with Gasteiger partial charge in [0, 0.05) is 30.1 Å². The second-order valence-corrected chi connectivity index (χ2v) is 10.9. The standard InChI is InChI=1S/C29H36N6O3/c1-6-29(4,5)35-27(31-32-33-35)26(19(2)3)34(13-12-20-10-8-7-9-11-20)17-22-14-21-15-24-25(38-18-37-24)16-23(21)30-28(22)36/h7-11,14-16,19,26H,6,12-13,17-18H2,1-5H3,(H,30,36)/t26-/m1/s1. The van der Waals surface area contributed by atoms with Crippen molar-refractivity contribution in [1.82, 2.24) is 30.1 Å². The van der Waals surface area contributed by atoms with Gasteiger partial charge in [-0.15, -0.1) is 5.10 Å². The number of nitrogens with one attached hydrogen (secondary N) is 1. The molecule has 9 nitrogen and oxygen atoms in total. The molecule has 3 heterocycles. The van der Waals surface area contributed by atoms with E-state index in [9.17, 15) is 4.79 Å². The molecule has 9 heteroatoms. The number of pyridine rings is 1. The van der Waals surface area contributed by atoms with Crippen LogP contribution in [-0.4, -0.2) is 43.4 Å². The van der Waals surface area contributed by atoms with Crippen LogP contribution in [0.3, 0.4) is 0 Å². The van der Waals surface area contributed by atoms with Crippen molar-refractivity contribution in [3.8, 4) is 11.5 Å². The van der Waals surface area contributed by atoms with Crippen LogP contribution in [0.1, 0.15) is 64.0 Å². The van der Waals surface area contributed by atoms with E-state index in [1.54, 1.807) is 0 Å². The Labute approximate surface area is 222 Å². The maximum absolute atomic E-state index is 13.3. The molecule has 2 aromatic carbocycles. The van der Waals surface area contributed by atoms with Crippen molar-refractivity contribution in [2.45, 2.75) is 65.6 Å². The SMILES string of the molecule is CCC(C)(C)n1nnnc1[C@@H](C(C)C)N(CCc1ccccc1)Cc1cc2cc3c(cc2[nH]c1=O)OCO3. The Morgan fingerprint density at radius 1 is 1.11 bits per heavy atom. The Bertz CT molecular complexity index is 1460. The Balaban J connectivity index is 1.54. The highest BCUT2D eigenvalue weighted by Crippen LogP contribution is 2.36. The molecule has 5 rings (SSSR count). The maximum Gasteiger partial charge on any atom is 0.252 e. The third-order valence-electron chi connectivity index (χ3n) is 7.54. The molecule has 0 fully saturated rings. The number of H-pyrrole nitrogens is 1. The van der Waals surface area contributed by atoms with Crippen LogP contribution in [0.15, 0.2) is 53.3 Å². The van der Waals surface area contributed by atoms with Crippen molar-refractivity contribution in [1.29, 1.82) is 0 Å². The first-order valence-electron chi connectivity index (χ1n) is 13.3. The first-order valence-corrected chi connectivity index (χ1v) is 13.3. The summed E-state index contributed by atoms with van der Waals surface area (Å²) in [6.07, 6.45) is 1.73. The van der Waals surface area contributed by atoms with E-state index < -0.39 is 0 Å². The van der Waals surface area contributed by atoms with Crippen molar-refractivity contribution in [2.24, 2.45) is 5.92 Å². The molecule has 0 spiro atoms. The fraction of sp³-hybridized carbons (Fsp3) is 0.448. The van der Waals surface area contributed by atoms with Gasteiger partial charge in [-0.25, -0.2) is 4.68 Å². The molecule has 0 saturated heterocycles. The lowest BCUT2D eigenvalue weighted by molar-refractivity contribution is 0.127. The number of nitrogens with zero attached hydrogens (tertiary/aromatic N) is 5. The Hall–Kier alpha value is -3.72. The molecule has 0 radical (unpaired) electrons. The average Bonchev–Trinajstić information content (AvgIpc) is 3.57. The van der Waals surface area contributed by atoms with Gasteiger partial charge in [0.1, 0.15) is 0 Å². The zero-order valence-corrected chi connectivity index (χ0v) is 22.8.